The molecule has 1 aliphatic heterocycles. The van der Waals surface area contributed by atoms with E-state index in [-0.39, 0.29) is 24.1 Å². The smallest absolute Gasteiger partial charge is 0.273 e. The lowest BCUT2D eigenvalue weighted by molar-refractivity contribution is -0.133. The molecule has 0 saturated heterocycles. The summed E-state index contributed by atoms with van der Waals surface area (Å²) >= 11 is 6.00. The zero-order valence-corrected chi connectivity index (χ0v) is 13.8. The lowest BCUT2D eigenvalue weighted by Gasteiger charge is -2.20. The molecular weight excluding hydrogens is 334 g/mol. The molecular formula is C15H16ClN5O3. The summed E-state index contributed by atoms with van der Waals surface area (Å²) in [7, 11) is 1.68. The summed E-state index contributed by atoms with van der Waals surface area (Å²) in [6.45, 7) is 1.01. The number of nitrogens with zero attached hydrogens (tertiary/aromatic N) is 4. The van der Waals surface area contributed by atoms with E-state index in [1.165, 1.54) is 10.9 Å². The van der Waals surface area contributed by atoms with Gasteiger partial charge in [0.25, 0.3) is 11.8 Å². The first-order valence-corrected chi connectivity index (χ1v) is 7.74. The Kier molecular flexibility index (Phi) is 4.66. The normalized spacial score (nSPS) is 13.9. The average molecular weight is 350 g/mol. The predicted octanol–water partition coefficient (Wildman–Crippen LogP) is 0.619. The Labute approximate surface area is 143 Å². The second kappa shape index (κ2) is 6.88. The molecule has 0 bridgehead atoms. The Morgan fingerprint density at radius 1 is 1.46 bits per heavy atom. The lowest BCUT2D eigenvalue weighted by Crippen LogP contribution is -2.39. The average Bonchev–Trinajstić information content (AvgIpc) is 2.92. The van der Waals surface area contributed by atoms with Crippen molar-refractivity contribution in [3.05, 3.63) is 40.7 Å². The van der Waals surface area contributed by atoms with Gasteiger partial charge in [0.15, 0.2) is 12.3 Å². The monoisotopic (exact) mass is 349 g/mol. The fraction of sp³-hybridized carbons (Fsp3) is 0.333. The van der Waals surface area contributed by atoms with Gasteiger partial charge in [0.05, 0.1) is 6.20 Å². The van der Waals surface area contributed by atoms with Gasteiger partial charge in [-0.3, -0.25) is 14.3 Å². The summed E-state index contributed by atoms with van der Waals surface area (Å²) in [5, 5.41) is 10.7. The maximum Gasteiger partial charge on any atom is 0.273 e. The summed E-state index contributed by atoms with van der Waals surface area (Å²) in [5.41, 5.74) is 1.08. The van der Waals surface area contributed by atoms with E-state index >= 15 is 0 Å². The highest BCUT2D eigenvalue weighted by molar-refractivity contribution is 6.30. The van der Waals surface area contributed by atoms with Crippen LogP contribution in [0.3, 0.4) is 0 Å². The van der Waals surface area contributed by atoms with Crippen molar-refractivity contribution in [1.29, 1.82) is 0 Å². The Balaban J connectivity index is 1.59. The molecule has 0 radical (unpaired) electrons. The summed E-state index contributed by atoms with van der Waals surface area (Å²) in [6.07, 6.45) is 1.53. The molecule has 9 heteroatoms. The van der Waals surface area contributed by atoms with E-state index in [4.69, 9.17) is 16.3 Å². The number of ether oxygens (including phenoxy) is 1. The molecule has 3 rings (SSSR count). The van der Waals surface area contributed by atoms with Gasteiger partial charge in [0, 0.05) is 37.3 Å². The highest BCUT2D eigenvalue weighted by atomic mass is 35.5. The van der Waals surface area contributed by atoms with Crippen molar-refractivity contribution in [3.8, 4) is 5.75 Å². The van der Waals surface area contributed by atoms with Crippen molar-refractivity contribution in [1.82, 2.24) is 25.2 Å². The van der Waals surface area contributed by atoms with Gasteiger partial charge in [-0.15, -0.1) is 5.10 Å². The van der Waals surface area contributed by atoms with Crippen LogP contribution in [0.4, 0.5) is 0 Å². The molecule has 126 valence electrons. The van der Waals surface area contributed by atoms with E-state index in [0.29, 0.717) is 30.4 Å². The maximum absolute atomic E-state index is 12.1. The molecule has 1 aliphatic rings. The number of aromatic nitrogens is 3. The molecule has 24 heavy (non-hydrogen) atoms. The number of nitrogens with one attached hydrogen (secondary N) is 1. The zero-order valence-electron chi connectivity index (χ0n) is 13.0. The van der Waals surface area contributed by atoms with Gasteiger partial charge in [-0.05, 0) is 18.2 Å². The van der Waals surface area contributed by atoms with Crippen LogP contribution in [0.5, 0.6) is 5.75 Å². The number of carbonyl (C=O) groups excluding carboxylic acids is 2. The minimum absolute atomic E-state index is 0.0350. The van der Waals surface area contributed by atoms with Crippen molar-refractivity contribution in [2.45, 2.75) is 6.54 Å². The van der Waals surface area contributed by atoms with Crippen LogP contribution in [-0.4, -0.2) is 51.4 Å². The van der Waals surface area contributed by atoms with Crippen LogP contribution in [0.1, 0.15) is 16.1 Å². The first-order valence-electron chi connectivity index (χ1n) is 7.36. The van der Waals surface area contributed by atoms with Crippen LogP contribution in [0, 0.1) is 0 Å². The minimum Gasteiger partial charge on any atom is -0.483 e. The molecule has 0 spiro atoms. The Bertz CT molecular complexity index is 776. The summed E-state index contributed by atoms with van der Waals surface area (Å²) in [4.78, 5) is 25.7. The van der Waals surface area contributed by atoms with Crippen LogP contribution in [0.25, 0.3) is 0 Å². The topological polar surface area (TPSA) is 89.4 Å². The lowest BCUT2D eigenvalue weighted by atomic mass is 10.2. The SMILES string of the molecule is Cn1cc(C(=O)NCCN2Cc3cc(Cl)ccc3OCC2=O)nn1. The highest BCUT2D eigenvalue weighted by Crippen LogP contribution is 2.26. The zero-order chi connectivity index (χ0) is 17.1. The number of amides is 2. The van der Waals surface area contributed by atoms with Crippen LogP contribution in [0.15, 0.2) is 24.4 Å². The number of halogens is 1. The Morgan fingerprint density at radius 3 is 3.04 bits per heavy atom. The number of hydrogen-bond donors (Lipinski definition) is 1. The van der Waals surface area contributed by atoms with E-state index in [2.05, 4.69) is 15.6 Å². The van der Waals surface area contributed by atoms with Gasteiger partial charge in [-0.25, -0.2) is 0 Å². The second-order valence-electron chi connectivity index (χ2n) is 5.39. The Hall–Kier alpha value is -2.61. The molecule has 0 unspecified atom stereocenters. The number of rotatable bonds is 4. The summed E-state index contributed by atoms with van der Waals surface area (Å²) < 4.78 is 6.94. The third-order valence-corrected chi connectivity index (χ3v) is 3.83. The molecule has 0 saturated carbocycles. The number of aryl methyl sites for hydroxylation is 1. The molecule has 0 aliphatic carbocycles. The molecule has 0 fully saturated rings. The maximum atomic E-state index is 12.1. The summed E-state index contributed by atoms with van der Waals surface area (Å²) in [5.74, 6) is 0.181. The molecule has 8 nitrogen and oxygen atoms in total. The van der Waals surface area contributed by atoms with E-state index in [9.17, 15) is 9.59 Å². The Morgan fingerprint density at radius 2 is 2.29 bits per heavy atom. The molecule has 1 aromatic heterocycles. The molecule has 1 aromatic carbocycles. The van der Waals surface area contributed by atoms with E-state index in [1.807, 2.05) is 0 Å². The third kappa shape index (κ3) is 3.65. The predicted molar refractivity (Wildman–Crippen MR) is 85.7 cm³/mol. The minimum atomic E-state index is -0.329. The van der Waals surface area contributed by atoms with Crippen LogP contribution < -0.4 is 10.1 Å². The number of benzene rings is 1. The number of fused-ring (bicyclic) bond motifs is 1. The van der Waals surface area contributed by atoms with E-state index in [0.717, 1.165) is 5.56 Å². The fourth-order valence-electron chi connectivity index (χ4n) is 2.39. The van der Waals surface area contributed by atoms with Gasteiger partial charge < -0.3 is 15.0 Å². The van der Waals surface area contributed by atoms with Crippen molar-refractivity contribution in [3.63, 3.8) is 0 Å². The van der Waals surface area contributed by atoms with Gasteiger partial charge in [-0.2, -0.15) is 0 Å². The molecule has 2 amide bonds. The van der Waals surface area contributed by atoms with Gasteiger partial charge >= 0.3 is 0 Å². The first-order chi connectivity index (χ1) is 11.5. The third-order valence-electron chi connectivity index (χ3n) is 3.59. The van der Waals surface area contributed by atoms with Gasteiger partial charge in [-0.1, -0.05) is 16.8 Å². The van der Waals surface area contributed by atoms with E-state index in [1.54, 1.807) is 30.1 Å². The van der Waals surface area contributed by atoms with Crippen LogP contribution >= 0.6 is 11.6 Å². The van der Waals surface area contributed by atoms with Crippen molar-refractivity contribution in [2.24, 2.45) is 7.05 Å². The van der Waals surface area contributed by atoms with Gasteiger partial charge in [0.2, 0.25) is 0 Å². The molecule has 0 atom stereocenters. The van der Waals surface area contributed by atoms with Gasteiger partial charge in [0.1, 0.15) is 5.75 Å². The molecule has 1 N–H and O–H groups in total. The second-order valence-corrected chi connectivity index (χ2v) is 5.83. The fourth-order valence-corrected chi connectivity index (χ4v) is 2.58. The molecule has 2 heterocycles. The standard InChI is InChI=1S/C15H16ClN5O3/c1-20-8-12(18-19-20)15(23)17-4-5-21-7-10-6-11(16)2-3-13(10)24-9-14(21)22/h2-3,6,8H,4-5,7,9H2,1H3,(H,17,23). The highest BCUT2D eigenvalue weighted by Gasteiger charge is 2.21. The first kappa shape index (κ1) is 16.3. The van der Waals surface area contributed by atoms with Crippen molar-refractivity contribution < 1.29 is 14.3 Å². The molecule has 2 aromatic rings. The van der Waals surface area contributed by atoms with Crippen LogP contribution in [0.2, 0.25) is 5.02 Å². The number of hydrogen-bond acceptors (Lipinski definition) is 5. The van der Waals surface area contributed by atoms with E-state index < -0.39 is 0 Å². The quantitative estimate of drug-likeness (QED) is 0.874. The van der Waals surface area contributed by atoms with Crippen LogP contribution in [-0.2, 0) is 18.4 Å². The largest absolute Gasteiger partial charge is 0.483 e. The van der Waals surface area contributed by atoms with Crippen molar-refractivity contribution >= 4 is 23.4 Å². The number of carbonyl (C=O) groups is 2. The van der Waals surface area contributed by atoms with Crippen molar-refractivity contribution in [2.75, 3.05) is 19.7 Å². The summed E-state index contributed by atoms with van der Waals surface area (Å²) in [6, 6.07) is 5.26.